The fourth-order valence-electron chi connectivity index (χ4n) is 3.31. The lowest BCUT2D eigenvalue weighted by atomic mass is 9.80. The highest BCUT2D eigenvalue weighted by atomic mass is 32.2. The number of hydrogen-bond acceptors (Lipinski definition) is 3. The van der Waals surface area contributed by atoms with Crippen LogP contribution in [0.4, 0.5) is 4.39 Å². The third-order valence-electron chi connectivity index (χ3n) is 4.26. The minimum atomic E-state index is -0.867. The molecule has 19 heavy (non-hydrogen) atoms. The number of thioether (sulfide) groups is 1. The second-order valence-corrected chi connectivity index (χ2v) is 7.21. The smallest absolute Gasteiger partial charge is 0.165 e. The van der Waals surface area contributed by atoms with Crippen molar-refractivity contribution in [3.8, 4) is 5.75 Å². The molecule has 104 valence electrons. The fourth-order valence-corrected chi connectivity index (χ4v) is 5.20. The summed E-state index contributed by atoms with van der Waals surface area (Å²) in [5.74, 6) is -0.158. The second-order valence-electron chi connectivity index (χ2n) is 5.60. The maximum atomic E-state index is 13.8. The van der Waals surface area contributed by atoms with Gasteiger partial charge in [0.05, 0.1) is 12.7 Å². The lowest BCUT2D eigenvalue weighted by Crippen LogP contribution is -2.40. The van der Waals surface area contributed by atoms with Crippen molar-refractivity contribution in [1.29, 1.82) is 0 Å². The maximum absolute atomic E-state index is 13.8. The summed E-state index contributed by atoms with van der Waals surface area (Å²) >= 11 is 2.00. The van der Waals surface area contributed by atoms with Crippen LogP contribution in [0.15, 0.2) is 18.2 Å². The first-order valence-corrected chi connectivity index (χ1v) is 7.77. The molecular formula is C15H19FO2S. The van der Waals surface area contributed by atoms with E-state index in [0.717, 1.165) is 12.8 Å². The van der Waals surface area contributed by atoms with Crippen LogP contribution in [0.5, 0.6) is 5.75 Å². The van der Waals surface area contributed by atoms with Crippen LogP contribution in [0, 0.1) is 5.82 Å². The van der Waals surface area contributed by atoms with Crippen molar-refractivity contribution in [3.05, 3.63) is 29.6 Å². The Kier molecular flexibility index (Phi) is 3.48. The summed E-state index contributed by atoms with van der Waals surface area (Å²) in [6.45, 7) is 0. The summed E-state index contributed by atoms with van der Waals surface area (Å²) < 4.78 is 18.8. The van der Waals surface area contributed by atoms with Gasteiger partial charge in [-0.1, -0.05) is 12.5 Å². The summed E-state index contributed by atoms with van der Waals surface area (Å²) in [4.78, 5) is 0. The highest BCUT2D eigenvalue weighted by Crippen LogP contribution is 2.49. The Morgan fingerprint density at radius 3 is 2.58 bits per heavy atom. The Bertz CT molecular complexity index is 465. The van der Waals surface area contributed by atoms with E-state index in [2.05, 4.69) is 0 Å². The van der Waals surface area contributed by atoms with Gasteiger partial charge in [0.1, 0.15) is 0 Å². The second kappa shape index (κ2) is 4.98. The van der Waals surface area contributed by atoms with Gasteiger partial charge in [-0.15, -0.1) is 0 Å². The Labute approximate surface area is 117 Å². The SMILES string of the molecule is COc1ccc(C2(O)CC3CCCC(C2)S3)cc1F. The predicted molar refractivity (Wildman–Crippen MR) is 75.1 cm³/mol. The van der Waals surface area contributed by atoms with Gasteiger partial charge >= 0.3 is 0 Å². The molecule has 0 amide bonds. The number of hydrogen-bond donors (Lipinski definition) is 1. The molecule has 0 radical (unpaired) electrons. The van der Waals surface area contributed by atoms with E-state index in [1.54, 1.807) is 12.1 Å². The van der Waals surface area contributed by atoms with Crippen molar-refractivity contribution in [2.75, 3.05) is 7.11 Å². The summed E-state index contributed by atoms with van der Waals surface area (Å²) in [5.41, 5.74) is -0.170. The van der Waals surface area contributed by atoms with Crippen LogP contribution in [0.1, 0.15) is 37.7 Å². The Hall–Kier alpha value is -0.740. The van der Waals surface area contributed by atoms with Crippen LogP contribution in [0.2, 0.25) is 0 Å². The quantitative estimate of drug-likeness (QED) is 0.900. The van der Waals surface area contributed by atoms with Crippen LogP contribution in [-0.4, -0.2) is 22.7 Å². The highest BCUT2D eigenvalue weighted by Gasteiger charge is 2.42. The normalized spacial score (nSPS) is 34.1. The zero-order valence-electron chi connectivity index (χ0n) is 11.1. The van der Waals surface area contributed by atoms with Crippen molar-refractivity contribution in [3.63, 3.8) is 0 Å². The number of fused-ring (bicyclic) bond motifs is 2. The van der Waals surface area contributed by atoms with Crippen LogP contribution >= 0.6 is 11.8 Å². The van der Waals surface area contributed by atoms with Crippen LogP contribution in [-0.2, 0) is 5.60 Å². The van der Waals surface area contributed by atoms with E-state index in [4.69, 9.17) is 4.74 Å². The molecule has 0 spiro atoms. The standard InChI is InChI=1S/C15H19FO2S/c1-18-14-6-5-10(7-13(14)16)15(17)8-11-3-2-4-12(9-15)19-11/h5-7,11-12,17H,2-4,8-9H2,1H3. The van der Waals surface area contributed by atoms with E-state index >= 15 is 0 Å². The van der Waals surface area contributed by atoms with Crippen LogP contribution < -0.4 is 4.74 Å². The molecule has 2 saturated heterocycles. The molecule has 2 atom stereocenters. The molecule has 1 aromatic carbocycles. The van der Waals surface area contributed by atoms with Gasteiger partial charge in [-0.05, 0) is 43.4 Å². The molecule has 1 aromatic rings. The molecule has 2 heterocycles. The van der Waals surface area contributed by atoms with Gasteiger partial charge in [0.15, 0.2) is 11.6 Å². The number of ether oxygens (including phenoxy) is 1. The third-order valence-corrected chi connectivity index (χ3v) is 5.83. The highest BCUT2D eigenvalue weighted by molar-refractivity contribution is 8.00. The molecule has 2 fully saturated rings. The van der Waals surface area contributed by atoms with Crippen molar-refractivity contribution in [2.24, 2.45) is 0 Å². The number of benzene rings is 1. The predicted octanol–water partition coefficient (Wildman–Crippen LogP) is 3.47. The summed E-state index contributed by atoms with van der Waals surface area (Å²) in [5, 5.41) is 11.9. The minimum Gasteiger partial charge on any atom is -0.494 e. The average Bonchev–Trinajstić information content (AvgIpc) is 2.38. The van der Waals surface area contributed by atoms with Gasteiger partial charge in [0.25, 0.3) is 0 Å². The Balaban J connectivity index is 1.89. The van der Waals surface area contributed by atoms with E-state index in [9.17, 15) is 9.50 Å². The third kappa shape index (κ3) is 2.48. The molecule has 4 heteroatoms. The summed E-state index contributed by atoms with van der Waals surface area (Å²) in [6.07, 6.45) is 5.07. The first kappa shape index (κ1) is 13.3. The first-order chi connectivity index (χ1) is 9.10. The molecule has 2 aliphatic heterocycles. The lowest BCUT2D eigenvalue weighted by molar-refractivity contribution is 0.00781. The van der Waals surface area contributed by atoms with Crippen molar-refractivity contribution in [2.45, 2.75) is 48.2 Å². The lowest BCUT2D eigenvalue weighted by Gasteiger charge is -2.44. The Morgan fingerprint density at radius 1 is 1.32 bits per heavy atom. The fraction of sp³-hybridized carbons (Fsp3) is 0.600. The van der Waals surface area contributed by atoms with Gasteiger partial charge in [0, 0.05) is 10.5 Å². The monoisotopic (exact) mass is 282 g/mol. The number of aliphatic hydroxyl groups is 1. The van der Waals surface area contributed by atoms with E-state index in [0.29, 0.717) is 16.1 Å². The molecule has 1 N–H and O–H groups in total. The molecule has 0 saturated carbocycles. The zero-order valence-corrected chi connectivity index (χ0v) is 11.9. The summed E-state index contributed by atoms with van der Waals surface area (Å²) in [6, 6.07) is 4.85. The van der Waals surface area contributed by atoms with E-state index in [1.807, 2.05) is 11.8 Å². The van der Waals surface area contributed by atoms with E-state index in [1.165, 1.54) is 32.4 Å². The average molecular weight is 282 g/mol. The van der Waals surface area contributed by atoms with Gasteiger partial charge in [0.2, 0.25) is 0 Å². The molecular weight excluding hydrogens is 263 g/mol. The zero-order chi connectivity index (χ0) is 13.5. The molecule has 3 rings (SSSR count). The summed E-state index contributed by atoms with van der Waals surface area (Å²) in [7, 11) is 1.45. The minimum absolute atomic E-state index is 0.234. The Morgan fingerprint density at radius 2 is 2.00 bits per heavy atom. The maximum Gasteiger partial charge on any atom is 0.165 e. The van der Waals surface area contributed by atoms with Gasteiger partial charge in [-0.3, -0.25) is 0 Å². The van der Waals surface area contributed by atoms with Crippen molar-refractivity contribution >= 4 is 11.8 Å². The van der Waals surface area contributed by atoms with Crippen molar-refractivity contribution < 1.29 is 14.2 Å². The van der Waals surface area contributed by atoms with Crippen LogP contribution in [0.3, 0.4) is 0 Å². The number of methoxy groups -OCH3 is 1. The first-order valence-electron chi connectivity index (χ1n) is 6.82. The molecule has 2 nitrogen and oxygen atoms in total. The largest absolute Gasteiger partial charge is 0.494 e. The number of rotatable bonds is 2. The molecule has 0 aliphatic carbocycles. The number of halogens is 1. The molecule has 2 unspecified atom stereocenters. The molecule has 0 aromatic heterocycles. The topological polar surface area (TPSA) is 29.5 Å². The molecule has 2 bridgehead atoms. The van der Waals surface area contributed by atoms with Gasteiger partial charge in [-0.25, -0.2) is 4.39 Å². The van der Waals surface area contributed by atoms with E-state index < -0.39 is 11.4 Å². The van der Waals surface area contributed by atoms with Crippen LogP contribution in [0.25, 0.3) is 0 Å². The van der Waals surface area contributed by atoms with Gasteiger partial charge < -0.3 is 9.84 Å². The van der Waals surface area contributed by atoms with E-state index in [-0.39, 0.29) is 5.75 Å². The van der Waals surface area contributed by atoms with Gasteiger partial charge in [-0.2, -0.15) is 11.8 Å². The van der Waals surface area contributed by atoms with Crippen molar-refractivity contribution in [1.82, 2.24) is 0 Å². The molecule has 2 aliphatic rings.